The number of rotatable bonds is 5. The summed E-state index contributed by atoms with van der Waals surface area (Å²) in [6.07, 6.45) is -2.75. The summed E-state index contributed by atoms with van der Waals surface area (Å²) >= 11 is 1.34. The Morgan fingerprint density at radius 3 is 2.78 bits per heavy atom. The van der Waals surface area contributed by atoms with E-state index in [1.165, 1.54) is 23.9 Å². The number of hydrogen-bond acceptors (Lipinski definition) is 2. The Morgan fingerprint density at radius 1 is 1.44 bits per heavy atom. The quantitative estimate of drug-likeness (QED) is 0.657. The molecule has 1 N–H and O–H groups in total. The topological polar surface area (TPSA) is 29.1 Å². The first-order valence-corrected chi connectivity index (χ1v) is 6.24. The lowest BCUT2D eigenvalue weighted by Gasteiger charge is -2.09. The van der Waals surface area contributed by atoms with Crippen molar-refractivity contribution in [2.45, 2.75) is 6.18 Å². The van der Waals surface area contributed by atoms with Crippen LogP contribution in [0.1, 0.15) is 5.56 Å². The molecular formula is C12H12F3NOS. The molecule has 1 aromatic rings. The summed E-state index contributed by atoms with van der Waals surface area (Å²) in [6, 6.07) is 4.55. The molecule has 6 heteroatoms. The van der Waals surface area contributed by atoms with Gasteiger partial charge in [-0.15, -0.1) is 18.3 Å². The summed E-state index contributed by atoms with van der Waals surface area (Å²) in [5.41, 5.74) is -0.631. The van der Waals surface area contributed by atoms with Gasteiger partial charge in [-0.3, -0.25) is 4.79 Å². The Morgan fingerprint density at radius 2 is 2.17 bits per heavy atom. The van der Waals surface area contributed by atoms with E-state index in [4.69, 9.17) is 0 Å². The number of anilines is 1. The second kappa shape index (κ2) is 6.49. The van der Waals surface area contributed by atoms with Gasteiger partial charge < -0.3 is 5.32 Å². The lowest BCUT2D eigenvalue weighted by Crippen LogP contribution is -2.15. The SMILES string of the molecule is C=CCSCC(=O)Nc1cccc(C(F)(F)F)c1. The first-order chi connectivity index (χ1) is 8.43. The highest BCUT2D eigenvalue weighted by Crippen LogP contribution is 2.30. The maximum Gasteiger partial charge on any atom is 0.416 e. The van der Waals surface area contributed by atoms with Crippen LogP contribution in [0.15, 0.2) is 36.9 Å². The molecule has 1 rings (SSSR count). The van der Waals surface area contributed by atoms with E-state index in [9.17, 15) is 18.0 Å². The van der Waals surface area contributed by atoms with Crippen molar-refractivity contribution < 1.29 is 18.0 Å². The smallest absolute Gasteiger partial charge is 0.325 e. The van der Waals surface area contributed by atoms with Crippen molar-refractivity contribution in [3.63, 3.8) is 0 Å². The average molecular weight is 275 g/mol. The van der Waals surface area contributed by atoms with Gasteiger partial charge in [-0.25, -0.2) is 0 Å². The van der Waals surface area contributed by atoms with Crippen molar-refractivity contribution in [1.29, 1.82) is 0 Å². The number of halogens is 3. The minimum absolute atomic E-state index is 0.147. The number of alkyl halides is 3. The molecule has 0 radical (unpaired) electrons. The van der Waals surface area contributed by atoms with Gasteiger partial charge in [-0.05, 0) is 18.2 Å². The van der Waals surface area contributed by atoms with Crippen molar-refractivity contribution in [2.24, 2.45) is 0 Å². The molecule has 98 valence electrons. The second-order valence-corrected chi connectivity index (χ2v) is 4.46. The zero-order valence-corrected chi connectivity index (χ0v) is 10.3. The maximum absolute atomic E-state index is 12.4. The van der Waals surface area contributed by atoms with Gasteiger partial charge in [0, 0.05) is 11.4 Å². The minimum atomic E-state index is -4.40. The van der Waals surface area contributed by atoms with Gasteiger partial charge in [0.25, 0.3) is 0 Å². The van der Waals surface area contributed by atoms with E-state index in [1.807, 2.05) is 0 Å². The fraction of sp³-hybridized carbons (Fsp3) is 0.250. The first kappa shape index (κ1) is 14.6. The summed E-state index contributed by atoms with van der Waals surface area (Å²) in [4.78, 5) is 11.4. The normalized spacial score (nSPS) is 11.1. The molecule has 0 saturated carbocycles. The van der Waals surface area contributed by atoms with Gasteiger partial charge in [0.15, 0.2) is 0 Å². The van der Waals surface area contributed by atoms with E-state index in [2.05, 4.69) is 11.9 Å². The third kappa shape index (κ3) is 4.83. The number of nitrogens with one attached hydrogen (secondary N) is 1. The summed E-state index contributed by atoms with van der Waals surface area (Å²) in [5, 5.41) is 2.42. The zero-order valence-electron chi connectivity index (χ0n) is 9.46. The summed E-state index contributed by atoms with van der Waals surface area (Å²) in [6.45, 7) is 3.50. The van der Waals surface area contributed by atoms with Gasteiger partial charge in [-0.2, -0.15) is 13.2 Å². The van der Waals surface area contributed by atoms with E-state index in [-0.39, 0.29) is 17.3 Å². The standard InChI is InChI=1S/C12H12F3NOS/c1-2-6-18-8-11(17)16-10-5-3-4-9(7-10)12(13,14)15/h2-5,7H,1,6,8H2,(H,16,17). The van der Waals surface area contributed by atoms with Crippen molar-refractivity contribution in [3.8, 4) is 0 Å². The van der Waals surface area contributed by atoms with Crippen LogP contribution in [0.25, 0.3) is 0 Å². The fourth-order valence-corrected chi connectivity index (χ4v) is 1.75. The molecule has 0 aliphatic heterocycles. The Balaban J connectivity index is 2.62. The second-order valence-electron chi connectivity index (χ2n) is 3.43. The molecule has 0 atom stereocenters. The van der Waals surface area contributed by atoms with Crippen LogP contribution in [-0.2, 0) is 11.0 Å². The number of benzene rings is 1. The third-order valence-electron chi connectivity index (χ3n) is 1.94. The average Bonchev–Trinajstić information content (AvgIpc) is 2.28. The van der Waals surface area contributed by atoms with Crippen molar-refractivity contribution >= 4 is 23.4 Å². The van der Waals surface area contributed by atoms with Crippen LogP contribution in [0.3, 0.4) is 0 Å². The largest absolute Gasteiger partial charge is 0.416 e. The Bertz CT molecular complexity index is 432. The highest BCUT2D eigenvalue weighted by atomic mass is 32.2. The predicted octanol–water partition coefficient (Wildman–Crippen LogP) is 3.56. The van der Waals surface area contributed by atoms with Gasteiger partial charge >= 0.3 is 6.18 Å². The molecule has 0 aliphatic carbocycles. The van der Waals surface area contributed by atoms with Crippen LogP contribution in [0.2, 0.25) is 0 Å². The van der Waals surface area contributed by atoms with Crippen molar-refractivity contribution in [2.75, 3.05) is 16.8 Å². The van der Waals surface area contributed by atoms with E-state index >= 15 is 0 Å². The highest BCUT2D eigenvalue weighted by molar-refractivity contribution is 8.00. The lowest BCUT2D eigenvalue weighted by molar-refractivity contribution is -0.137. The monoisotopic (exact) mass is 275 g/mol. The maximum atomic E-state index is 12.4. The summed E-state index contributed by atoms with van der Waals surface area (Å²) in [5.74, 6) is 0.472. The van der Waals surface area contributed by atoms with Gasteiger partial charge in [0.2, 0.25) is 5.91 Å². The number of hydrogen-bond donors (Lipinski definition) is 1. The molecule has 0 unspecified atom stereocenters. The first-order valence-electron chi connectivity index (χ1n) is 5.09. The van der Waals surface area contributed by atoms with Gasteiger partial charge in [-0.1, -0.05) is 12.1 Å². The fourth-order valence-electron chi connectivity index (χ4n) is 1.21. The predicted molar refractivity (Wildman–Crippen MR) is 67.6 cm³/mol. The van der Waals surface area contributed by atoms with Gasteiger partial charge in [0.1, 0.15) is 0 Å². The third-order valence-corrected chi connectivity index (χ3v) is 2.88. The highest BCUT2D eigenvalue weighted by Gasteiger charge is 2.30. The number of carbonyl (C=O) groups excluding carboxylic acids is 1. The lowest BCUT2D eigenvalue weighted by atomic mass is 10.2. The van der Waals surface area contributed by atoms with Gasteiger partial charge in [0.05, 0.1) is 11.3 Å². The van der Waals surface area contributed by atoms with Crippen LogP contribution < -0.4 is 5.32 Å². The van der Waals surface area contributed by atoms with Crippen LogP contribution in [0.5, 0.6) is 0 Å². The van der Waals surface area contributed by atoms with E-state index in [1.54, 1.807) is 6.08 Å². The molecule has 1 amide bonds. The molecule has 0 fully saturated rings. The van der Waals surface area contributed by atoms with Crippen LogP contribution >= 0.6 is 11.8 Å². The molecule has 0 aromatic heterocycles. The molecule has 0 saturated heterocycles. The number of thioether (sulfide) groups is 1. The van der Waals surface area contributed by atoms with Crippen LogP contribution in [0, 0.1) is 0 Å². The number of carbonyl (C=O) groups is 1. The van der Waals surface area contributed by atoms with Crippen molar-refractivity contribution in [1.82, 2.24) is 0 Å². The van der Waals surface area contributed by atoms with E-state index in [0.717, 1.165) is 12.1 Å². The number of amides is 1. The molecule has 0 heterocycles. The summed E-state index contributed by atoms with van der Waals surface area (Å²) in [7, 11) is 0. The van der Waals surface area contributed by atoms with Crippen molar-refractivity contribution in [3.05, 3.63) is 42.5 Å². The summed E-state index contributed by atoms with van der Waals surface area (Å²) < 4.78 is 37.3. The molecule has 1 aromatic carbocycles. The van der Waals surface area contributed by atoms with Crippen LogP contribution in [0.4, 0.5) is 18.9 Å². The van der Waals surface area contributed by atoms with Crippen LogP contribution in [-0.4, -0.2) is 17.4 Å². The Hall–Kier alpha value is -1.43. The zero-order chi connectivity index (χ0) is 13.6. The molecule has 18 heavy (non-hydrogen) atoms. The van der Waals surface area contributed by atoms with E-state index < -0.39 is 11.7 Å². The Kier molecular flexibility index (Phi) is 5.27. The van der Waals surface area contributed by atoms with E-state index in [0.29, 0.717) is 5.75 Å². The molecule has 2 nitrogen and oxygen atoms in total. The minimum Gasteiger partial charge on any atom is -0.325 e. The Labute approximate surface area is 107 Å². The molecule has 0 bridgehead atoms. The molecular weight excluding hydrogens is 263 g/mol. The molecule has 0 spiro atoms. The molecule has 0 aliphatic rings.